The molecule has 0 aliphatic carbocycles. The molecule has 0 spiro atoms. The minimum absolute atomic E-state index is 0.166. The second-order valence-corrected chi connectivity index (χ2v) is 6.18. The average Bonchev–Trinajstić information content (AvgIpc) is 3.07. The first-order valence-electron chi connectivity index (χ1n) is 7.78. The molecule has 3 nitrogen and oxygen atoms in total. The Bertz CT molecular complexity index is 500. The number of carbonyl (C=O) groups excluding carboxylic acids is 1. The van der Waals surface area contributed by atoms with E-state index >= 15 is 0 Å². The number of rotatable bonds is 2. The average molecular weight is 272 g/mol. The number of nitrogens with zero attached hydrogens (tertiary/aromatic N) is 1. The SMILES string of the molecule is Cc1ccccc1C1CCCN1C(=O)C1CCNC1C. The molecule has 3 atom stereocenters. The number of hydrogen-bond acceptors (Lipinski definition) is 2. The summed E-state index contributed by atoms with van der Waals surface area (Å²) in [6, 6.07) is 9.10. The van der Waals surface area contributed by atoms with Crippen molar-refractivity contribution in [1.82, 2.24) is 10.2 Å². The predicted octanol–water partition coefficient (Wildman–Crippen LogP) is 2.66. The van der Waals surface area contributed by atoms with Crippen LogP contribution in [0.2, 0.25) is 0 Å². The molecule has 2 aliphatic heterocycles. The van der Waals surface area contributed by atoms with E-state index in [4.69, 9.17) is 0 Å². The number of nitrogens with one attached hydrogen (secondary N) is 1. The van der Waals surface area contributed by atoms with Crippen molar-refractivity contribution in [2.75, 3.05) is 13.1 Å². The summed E-state index contributed by atoms with van der Waals surface area (Å²) >= 11 is 0. The van der Waals surface area contributed by atoms with Gasteiger partial charge in [0.2, 0.25) is 5.91 Å². The summed E-state index contributed by atoms with van der Waals surface area (Å²) < 4.78 is 0. The van der Waals surface area contributed by atoms with Crippen molar-refractivity contribution >= 4 is 5.91 Å². The fourth-order valence-electron chi connectivity index (χ4n) is 3.72. The van der Waals surface area contributed by atoms with Gasteiger partial charge in [0.1, 0.15) is 0 Å². The Morgan fingerprint density at radius 3 is 2.80 bits per heavy atom. The van der Waals surface area contributed by atoms with Crippen molar-refractivity contribution in [2.45, 2.75) is 45.2 Å². The second kappa shape index (κ2) is 5.57. The lowest BCUT2D eigenvalue weighted by Crippen LogP contribution is -2.40. The Kier molecular flexibility index (Phi) is 3.79. The summed E-state index contributed by atoms with van der Waals surface area (Å²) in [5.74, 6) is 0.521. The van der Waals surface area contributed by atoms with E-state index in [2.05, 4.69) is 48.3 Å². The number of carbonyl (C=O) groups is 1. The first-order valence-corrected chi connectivity index (χ1v) is 7.78. The van der Waals surface area contributed by atoms with Crippen LogP contribution in [-0.2, 0) is 4.79 Å². The molecule has 0 aromatic heterocycles. The Morgan fingerprint density at radius 2 is 2.10 bits per heavy atom. The van der Waals surface area contributed by atoms with Crippen molar-refractivity contribution in [3.05, 3.63) is 35.4 Å². The van der Waals surface area contributed by atoms with Crippen LogP contribution in [0.5, 0.6) is 0 Å². The number of likely N-dealkylation sites (tertiary alicyclic amines) is 1. The van der Waals surface area contributed by atoms with E-state index in [1.807, 2.05) is 0 Å². The Balaban J connectivity index is 1.82. The van der Waals surface area contributed by atoms with Gasteiger partial charge in [0.15, 0.2) is 0 Å². The van der Waals surface area contributed by atoms with Crippen LogP contribution in [0, 0.1) is 12.8 Å². The highest BCUT2D eigenvalue weighted by Gasteiger charge is 2.38. The molecule has 0 radical (unpaired) electrons. The van der Waals surface area contributed by atoms with Crippen molar-refractivity contribution < 1.29 is 4.79 Å². The maximum Gasteiger partial charge on any atom is 0.227 e. The van der Waals surface area contributed by atoms with Crippen molar-refractivity contribution in [2.24, 2.45) is 5.92 Å². The number of benzene rings is 1. The molecule has 20 heavy (non-hydrogen) atoms. The third-order valence-corrected chi connectivity index (χ3v) is 4.93. The van der Waals surface area contributed by atoms with E-state index in [9.17, 15) is 4.79 Å². The van der Waals surface area contributed by atoms with Crippen molar-refractivity contribution in [3.63, 3.8) is 0 Å². The molecular weight excluding hydrogens is 248 g/mol. The van der Waals surface area contributed by atoms with Crippen molar-refractivity contribution in [3.8, 4) is 0 Å². The molecule has 0 bridgehead atoms. The van der Waals surface area contributed by atoms with Crippen LogP contribution < -0.4 is 5.32 Å². The quantitative estimate of drug-likeness (QED) is 0.897. The lowest BCUT2D eigenvalue weighted by Gasteiger charge is -2.29. The normalized spacial score (nSPS) is 29.9. The fraction of sp³-hybridized carbons (Fsp3) is 0.588. The standard InChI is InChI=1S/C17H24N2O/c1-12-6-3-4-7-14(12)16-8-5-11-19(16)17(20)15-9-10-18-13(15)2/h3-4,6-7,13,15-16,18H,5,8-11H2,1-2H3. The van der Waals surface area contributed by atoms with Gasteiger partial charge in [0.25, 0.3) is 0 Å². The van der Waals surface area contributed by atoms with Crippen LogP contribution in [0.3, 0.4) is 0 Å². The first-order chi connectivity index (χ1) is 9.68. The van der Waals surface area contributed by atoms with Gasteiger partial charge in [-0.15, -0.1) is 0 Å². The molecular formula is C17H24N2O. The summed E-state index contributed by atoms with van der Waals surface area (Å²) in [7, 11) is 0. The zero-order valence-electron chi connectivity index (χ0n) is 12.4. The molecule has 1 amide bonds. The summed E-state index contributed by atoms with van der Waals surface area (Å²) in [4.78, 5) is 15.0. The maximum atomic E-state index is 12.8. The van der Waals surface area contributed by atoms with Gasteiger partial charge in [-0.05, 0) is 50.8 Å². The fourth-order valence-corrected chi connectivity index (χ4v) is 3.72. The van der Waals surface area contributed by atoms with Crippen LogP contribution in [0.25, 0.3) is 0 Å². The zero-order chi connectivity index (χ0) is 14.1. The van der Waals surface area contributed by atoms with Gasteiger partial charge in [0, 0.05) is 12.6 Å². The van der Waals surface area contributed by atoms with Gasteiger partial charge in [-0.2, -0.15) is 0 Å². The van der Waals surface area contributed by atoms with Crippen LogP contribution in [-0.4, -0.2) is 29.9 Å². The smallest absolute Gasteiger partial charge is 0.227 e. The third kappa shape index (κ3) is 2.35. The molecule has 3 rings (SSSR count). The van der Waals surface area contributed by atoms with E-state index in [1.54, 1.807) is 0 Å². The molecule has 3 unspecified atom stereocenters. The van der Waals surface area contributed by atoms with Gasteiger partial charge < -0.3 is 10.2 Å². The van der Waals surface area contributed by atoms with Crippen LogP contribution in [0.4, 0.5) is 0 Å². The second-order valence-electron chi connectivity index (χ2n) is 6.18. The Hall–Kier alpha value is -1.35. The largest absolute Gasteiger partial charge is 0.335 e. The number of aryl methyl sites for hydroxylation is 1. The summed E-state index contributed by atoms with van der Waals surface area (Å²) in [6.45, 7) is 6.17. The number of hydrogen-bond donors (Lipinski definition) is 1. The van der Waals surface area contributed by atoms with Gasteiger partial charge in [0.05, 0.1) is 12.0 Å². The highest BCUT2D eigenvalue weighted by molar-refractivity contribution is 5.80. The van der Waals surface area contributed by atoms with Gasteiger partial charge in [-0.3, -0.25) is 4.79 Å². The molecule has 3 heteroatoms. The summed E-state index contributed by atoms with van der Waals surface area (Å²) in [5.41, 5.74) is 2.63. The molecule has 1 aromatic rings. The minimum Gasteiger partial charge on any atom is -0.335 e. The summed E-state index contributed by atoms with van der Waals surface area (Å²) in [5, 5.41) is 3.39. The van der Waals surface area contributed by atoms with Gasteiger partial charge in [-0.25, -0.2) is 0 Å². The van der Waals surface area contributed by atoms with E-state index in [-0.39, 0.29) is 12.0 Å². The molecule has 2 aliphatic rings. The molecule has 0 saturated carbocycles. The van der Waals surface area contributed by atoms with Crippen LogP contribution >= 0.6 is 0 Å². The maximum absolute atomic E-state index is 12.8. The molecule has 1 N–H and O–H groups in total. The molecule has 108 valence electrons. The van der Waals surface area contributed by atoms with Crippen LogP contribution in [0.1, 0.15) is 43.4 Å². The monoisotopic (exact) mass is 272 g/mol. The van der Waals surface area contributed by atoms with E-state index in [0.717, 1.165) is 32.4 Å². The topological polar surface area (TPSA) is 32.3 Å². The minimum atomic E-state index is 0.166. The molecule has 2 heterocycles. The Labute approximate surface area is 121 Å². The lowest BCUT2D eigenvalue weighted by molar-refractivity contribution is -0.136. The zero-order valence-corrected chi connectivity index (χ0v) is 12.4. The summed E-state index contributed by atoms with van der Waals surface area (Å²) in [6.07, 6.45) is 3.21. The molecule has 2 fully saturated rings. The highest BCUT2D eigenvalue weighted by Crippen LogP contribution is 2.35. The van der Waals surface area contributed by atoms with E-state index < -0.39 is 0 Å². The highest BCUT2D eigenvalue weighted by atomic mass is 16.2. The Morgan fingerprint density at radius 1 is 1.30 bits per heavy atom. The lowest BCUT2D eigenvalue weighted by atomic mass is 9.96. The van der Waals surface area contributed by atoms with Crippen molar-refractivity contribution in [1.29, 1.82) is 0 Å². The van der Waals surface area contributed by atoms with E-state index in [0.29, 0.717) is 11.9 Å². The van der Waals surface area contributed by atoms with E-state index in [1.165, 1.54) is 11.1 Å². The van der Waals surface area contributed by atoms with Gasteiger partial charge >= 0.3 is 0 Å². The van der Waals surface area contributed by atoms with Crippen LogP contribution in [0.15, 0.2) is 24.3 Å². The predicted molar refractivity (Wildman–Crippen MR) is 80.4 cm³/mol. The molecule has 1 aromatic carbocycles. The third-order valence-electron chi connectivity index (χ3n) is 4.93. The van der Waals surface area contributed by atoms with Gasteiger partial charge in [-0.1, -0.05) is 24.3 Å². The first kappa shape index (κ1) is 13.6. The number of amides is 1. The molecule has 2 saturated heterocycles.